The number of rotatable bonds is 0. The summed E-state index contributed by atoms with van der Waals surface area (Å²) in [7, 11) is 0. The molecule has 0 aliphatic rings. The average Bonchev–Trinajstić information content (AvgIpc) is 0.811. The standard InChI is InChI=1S/CBr2.Fe/c2-1-3;/q;+1. The van der Waals surface area contributed by atoms with E-state index in [1.54, 1.807) is 0 Å². The Hall–Kier alpha value is 1.35. The molecule has 0 spiro atoms. The second-order valence-corrected chi connectivity index (χ2v) is 4.79. The molecule has 0 radical (unpaired) electrons. The van der Waals surface area contributed by atoms with Crippen LogP contribution in [0.4, 0.5) is 0 Å². The average molecular weight is 228 g/mol. The van der Waals surface area contributed by atoms with Gasteiger partial charge in [-0.25, -0.2) is 0 Å². The number of halogens is 2. The molecule has 0 heterocycles. The molecular formula is CBr2Fe+. The Balaban J connectivity index is 2.80. The molecule has 0 N–H and O–H groups in total. The third kappa shape index (κ3) is 10.2. The predicted molar refractivity (Wildman–Crippen MR) is 22.9 cm³/mol. The minimum atomic E-state index is 0.792. The van der Waals surface area contributed by atoms with E-state index < -0.39 is 0 Å². The summed E-state index contributed by atoms with van der Waals surface area (Å²) in [5, 5.41) is 0. The molecule has 0 aromatic rings. The molecule has 0 bridgehead atoms. The normalized spacial score (nSPS) is 6.50. The van der Waals surface area contributed by atoms with E-state index in [2.05, 4.69) is 47.4 Å². The van der Waals surface area contributed by atoms with Crippen molar-refractivity contribution in [3.8, 4) is 0 Å². The van der Waals surface area contributed by atoms with Crippen LogP contribution in [-0.4, -0.2) is 2.24 Å². The van der Waals surface area contributed by atoms with Crippen molar-refractivity contribution in [3.05, 3.63) is 0 Å². The Morgan fingerprint density at radius 2 is 1.50 bits per heavy atom. The van der Waals surface area contributed by atoms with Crippen molar-refractivity contribution < 1.29 is 15.6 Å². The van der Waals surface area contributed by atoms with Gasteiger partial charge in [0, 0.05) is 0 Å². The first-order chi connectivity index (χ1) is 1.73. The second kappa shape index (κ2) is 2.58. The van der Waals surface area contributed by atoms with E-state index >= 15 is 0 Å². The zero-order chi connectivity index (χ0) is 3.58. The van der Waals surface area contributed by atoms with Gasteiger partial charge in [0.25, 0.3) is 0 Å². The van der Waals surface area contributed by atoms with Crippen molar-refractivity contribution in [2.24, 2.45) is 0 Å². The van der Waals surface area contributed by atoms with Crippen LogP contribution in [0, 0.1) is 0 Å². The third-order valence-corrected chi connectivity index (χ3v) is 0. The maximum atomic E-state index is 3.39. The zero-order valence-electron chi connectivity index (χ0n) is 1.61. The van der Waals surface area contributed by atoms with Gasteiger partial charge in [0.2, 0.25) is 0 Å². The van der Waals surface area contributed by atoms with Crippen LogP contribution in [0.2, 0.25) is 0 Å². The molecule has 0 amide bonds. The Bertz CT molecular complexity index is 29.0. The Morgan fingerprint density at radius 3 is 1.50 bits per heavy atom. The van der Waals surface area contributed by atoms with Gasteiger partial charge < -0.3 is 0 Å². The van der Waals surface area contributed by atoms with Crippen LogP contribution in [0.15, 0.2) is 0 Å². The van der Waals surface area contributed by atoms with E-state index in [4.69, 9.17) is 0 Å². The van der Waals surface area contributed by atoms with E-state index in [-0.39, 0.29) is 0 Å². The molecule has 0 rings (SSSR count). The van der Waals surface area contributed by atoms with E-state index in [9.17, 15) is 0 Å². The van der Waals surface area contributed by atoms with Gasteiger partial charge in [-0.15, -0.1) is 0 Å². The van der Waals surface area contributed by atoms with Crippen LogP contribution in [-0.2, 0) is 15.6 Å². The fourth-order valence-corrected chi connectivity index (χ4v) is 0. The molecule has 0 aromatic carbocycles. The molecule has 0 aliphatic carbocycles. The summed E-state index contributed by atoms with van der Waals surface area (Å²) in [4.78, 5) is 0. The second-order valence-electron chi connectivity index (χ2n) is 0.205. The first kappa shape index (κ1) is 5.35. The number of hydrogen-bond acceptors (Lipinski definition) is 0. The zero-order valence-corrected chi connectivity index (χ0v) is 5.89. The van der Waals surface area contributed by atoms with Crippen LogP contribution in [0.3, 0.4) is 0 Å². The van der Waals surface area contributed by atoms with Gasteiger partial charge >= 0.3 is 49.7 Å². The third-order valence-electron chi connectivity index (χ3n) is 0. The molecule has 0 saturated carbocycles. The fraction of sp³-hybridized carbons (Fsp3) is 0. The van der Waals surface area contributed by atoms with Gasteiger partial charge in [0.1, 0.15) is 0 Å². The summed E-state index contributed by atoms with van der Waals surface area (Å²) in [5.41, 5.74) is 0. The topological polar surface area (TPSA) is 0 Å². The van der Waals surface area contributed by atoms with E-state index in [0.717, 1.165) is 2.24 Å². The first-order valence-electron chi connectivity index (χ1n) is 0.555. The Labute approximate surface area is 49.6 Å². The molecular weight excluding hydrogens is 228 g/mol. The van der Waals surface area contributed by atoms with Crippen molar-refractivity contribution in [3.63, 3.8) is 0 Å². The van der Waals surface area contributed by atoms with Crippen molar-refractivity contribution in [1.29, 1.82) is 0 Å². The molecule has 25 valence electrons. The van der Waals surface area contributed by atoms with E-state index in [0.29, 0.717) is 0 Å². The maximum absolute atomic E-state index is 3.39. The van der Waals surface area contributed by atoms with Crippen molar-refractivity contribution in [2.75, 3.05) is 0 Å². The van der Waals surface area contributed by atoms with Crippen LogP contribution >= 0.6 is 31.9 Å². The monoisotopic (exact) mass is 226 g/mol. The van der Waals surface area contributed by atoms with Crippen molar-refractivity contribution in [2.45, 2.75) is 0 Å². The summed E-state index contributed by atoms with van der Waals surface area (Å²) in [6.45, 7) is 0. The van der Waals surface area contributed by atoms with Gasteiger partial charge in [-0.1, -0.05) is 0 Å². The molecule has 3 heteroatoms. The fourth-order valence-electron chi connectivity index (χ4n) is 0. The van der Waals surface area contributed by atoms with Gasteiger partial charge in [0.05, 0.1) is 0 Å². The molecule has 0 saturated heterocycles. The van der Waals surface area contributed by atoms with E-state index in [1.807, 2.05) is 0 Å². The van der Waals surface area contributed by atoms with Gasteiger partial charge in [-0.05, 0) is 0 Å². The number of hydrogen-bond donors (Lipinski definition) is 0. The predicted octanol–water partition coefficient (Wildman–Crippen LogP) is 1.41. The van der Waals surface area contributed by atoms with Crippen LogP contribution in [0.1, 0.15) is 0 Å². The van der Waals surface area contributed by atoms with Crippen LogP contribution in [0.5, 0.6) is 0 Å². The molecule has 0 atom stereocenters. The van der Waals surface area contributed by atoms with Crippen LogP contribution < -0.4 is 0 Å². The summed E-state index contributed by atoms with van der Waals surface area (Å²) in [6, 6.07) is 0. The summed E-state index contributed by atoms with van der Waals surface area (Å²) < 4.78 is 0.792. The first-order valence-corrected chi connectivity index (χ1v) is 2.69. The molecule has 0 fully saturated rings. The molecule has 0 nitrogen and oxygen atoms in total. The van der Waals surface area contributed by atoms with E-state index in [1.165, 1.54) is 0 Å². The molecule has 0 aliphatic heterocycles. The summed E-state index contributed by atoms with van der Waals surface area (Å²) in [5.74, 6) is 0. The Morgan fingerprint density at radius 1 is 1.50 bits per heavy atom. The quantitative estimate of drug-likeness (QED) is 0.549. The molecule has 0 aromatic heterocycles. The van der Waals surface area contributed by atoms with Gasteiger partial charge in [0.15, 0.2) is 0 Å². The van der Waals surface area contributed by atoms with Gasteiger partial charge in [-0.3, -0.25) is 0 Å². The summed E-state index contributed by atoms with van der Waals surface area (Å²) in [6.07, 6.45) is 0. The minimum absolute atomic E-state index is 0.792. The summed E-state index contributed by atoms with van der Waals surface area (Å²) >= 11 is 9.38. The Kier molecular flexibility index (Phi) is 3.45. The molecule has 0 unspecified atom stereocenters. The van der Waals surface area contributed by atoms with Gasteiger partial charge in [-0.2, -0.15) is 0 Å². The van der Waals surface area contributed by atoms with Crippen molar-refractivity contribution >= 4 is 34.1 Å². The van der Waals surface area contributed by atoms with Crippen molar-refractivity contribution in [1.82, 2.24) is 0 Å². The SMILES string of the molecule is [Fe+]=[C](Br)Br. The molecule has 4 heavy (non-hydrogen) atoms. The van der Waals surface area contributed by atoms with Crippen LogP contribution in [0.25, 0.3) is 0 Å².